The van der Waals surface area contributed by atoms with Gasteiger partial charge in [-0.1, -0.05) is 33.1 Å². The first-order chi connectivity index (χ1) is 9.85. The number of rotatable bonds is 7. The molecule has 3 heteroatoms. The molecule has 0 aliphatic heterocycles. The average molecular weight is 276 g/mol. The predicted octanol–water partition coefficient (Wildman–Crippen LogP) is 4.10. The Kier molecular flexibility index (Phi) is 6.31. The topological polar surface area (TPSA) is 34.1 Å². The van der Waals surface area contributed by atoms with E-state index in [2.05, 4.69) is 30.2 Å². The van der Waals surface area contributed by atoms with E-state index in [1.807, 2.05) is 12.4 Å². The highest BCUT2D eigenvalue weighted by atomic mass is 16.5. The van der Waals surface area contributed by atoms with Gasteiger partial charge in [0, 0.05) is 12.2 Å². The number of nitrogens with zero attached hydrogens (tertiary/aromatic N) is 1. The molecule has 1 aliphatic carbocycles. The highest BCUT2D eigenvalue weighted by Crippen LogP contribution is 2.35. The highest BCUT2D eigenvalue weighted by Gasteiger charge is 2.24. The monoisotopic (exact) mass is 276 g/mol. The second-order valence-electron chi connectivity index (χ2n) is 5.74. The lowest BCUT2D eigenvalue weighted by Crippen LogP contribution is -2.29. The first-order valence-electron chi connectivity index (χ1n) is 8.16. The molecule has 1 aromatic heterocycles. The molecule has 1 unspecified atom stereocenters. The van der Waals surface area contributed by atoms with E-state index in [0.29, 0.717) is 6.04 Å². The van der Waals surface area contributed by atoms with Crippen molar-refractivity contribution in [1.82, 2.24) is 10.3 Å². The van der Waals surface area contributed by atoms with Crippen LogP contribution >= 0.6 is 0 Å². The van der Waals surface area contributed by atoms with Gasteiger partial charge in [-0.3, -0.25) is 4.98 Å². The van der Waals surface area contributed by atoms with Crippen molar-refractivity contribution in [3.8, 4) is 5.75 Å². The molecule has 1 fully saturated rings. The fourth-order valence-corrected chi connectivity index (χ4v) is 3.15. The lowest BCUT2D eigenvalue weighted by molar-refractivity contribution is 0.272. The van der Waals surface area contributed by atoms with Crippen molar-refractivity contribution < 1.29 is 4.74 Å². The van der Waals surface area contributed by atoms with Crippen LogP contribution in [0.5, 0.6) is 5.75 Å². The summed E-state index contributed by atoms with van der Waals surface area (Å²) in [5, 5.41) is 3.66. The summed E-state index contributed by atoms with van der Waals surface area (Å²) in [4.78, 5) is 4.37. The van der Waals surface area contributed by atoms with Crippen molar-refractivity contribution >= 4 is 0 Å². The van der Waals surface area contributed by atoms with Gasteiger partial charge in [-0.25, -0.2) is 0 Å². The van der Waals surface area contributed by atoms with Gasteiger partial charge in [0.25, 0.3) is 0 Å². The number of hydrogen-bond donors (Lipinski definition) is 1. The Morgan fingerprint density at radius 2 is 2.05 bits per heavy atom. The zero-order valence-electron chi connectivity index (χ0n) is 12.9. The Bertz CT molecular complexity index is 388. The summed E-state index contributed by atoms with van der Waals surface area (Å²) >= 11 is 0. The molecule has 20 heavy (non-hydrogen) atoms. The zero-order valence-corrected chi connectivity index (χ0v) is 12.9. The maximum Gasteiger partial charge on any atom is 0.137 e. The number of pyridine rings is 1. The van der Waals surface area contributed by atoms with Crippen molar-refractivity contribution in [3.05, 3.63) is 24.0 Å². The molecule has 1 atom stereocenters. The summed E-state index contributed by atoms with van der Waals surface area (Å²) in [7, 11) is 0. The standard InChI is InChI=1S/C17H28N2O/c1-3-10-20-16-11-15(12-18-13-16)17(19-4-2)14-8-6-5-7-9-14/h11-14,17,19H,3-10H2,1-2H3. The van der Waals surface area contributed by atoms with E-state index in [-0.39, 0.29) is 0 Å². The molecular weight excluding hydrogens is 248 g/mol. The largest absolute Gasteiger partial charge is 0.492 e. The van der Waals surface area contributed by atoms with E-state index in [0.717, 1.165) is 31.2 Å². The normalized spacial score (nSPS) is 17.9. The summed E-state index contributed by atoms with van der Waals surface area (Å²) in [5.74, 6) is 1.65. The van der Waals surface area contributed by atoms with Gasteiger partial charge in [-0.05, 0) is 43.4 Å². The molecule has 1 N–H and O–H groups in total. The smallest absolute Gasteiger partial charge is 0.137 e. The van der Waals surface area contributed by atoms with Crippen molar-refractivity contribution in [2.45, 2.75) is 58.4 Å². The molecule has 1 saturated carbocycles. The van der Waals surface area contributed by atoms with Crippen LogP contribution in [0, 0.1) is 5.92 Å². The number of nitrogens with one attached hydrogen (secondary N) is 1. The van der Waals surface area contributed by atoms with Crippen molar-refractivity contribution in [3.63, 3.8) is 0 Å². The molecule has 0 bridgehead atoms. The minimum atomic E-state index is 0.429. The molecule has 2 rings (SSSR count). The van der Waals surface area contributed by atoms with E-state index < -0.39 is 0 Å². The second-order valence-corrected chi connectivity index (χ2v) is 5.74. The first kappa shape index (κ1) is 15.3. The average Bonchev–Trinajstić information content (AvgIpc) is 2.52. The molecule has 0 saturated heterocycles. The summed E-state index contributed by atoms with van der Waals surface area (Å²) in [5.41, 5.74) is 1.28. The minimum Gasteiger partial charge on any atom is -0.492 e. The van der Waals surface area contributed by atoms with E-state index in [1.54, 1.807) is 0 Å². The van der Waals surface area contributed by atoms with Crippen molar-refractivity contribution in [2.24, 2.45) is 5.92 Å². The molecule has 1 aromatic rings. The van der Waals surface area contributed by atoms with Gasteiger partial charge < -0.3 is 10.1 Å². The summed E-state index contributed by atoms with van der Waals surface area (Å²) < 4.78 is 5.72. The Labute approximate surface area is 123 Å². The second kappa shape index (κ2) is 8.25. The van der Waals surface area contributed by atoms with E-state index in [4.69, 9.17) is 4.74 Å². The summed E-state index contributed by atoms with van der Waals surface area (Å²) in [6.07, 6.45) is 11.6. The van der Waals surface area contributed by atoms with Crippen LogP contribution in [0.2, 0.25) is 0 Å². The maximum absolute atomic E-state index is 5.72. The fourth-order valence-electron chi connectivity index (χ4n) is 3.15. The van der Waals surface area contributed by atoms with Crippen LogP contribution in [0.1, 0.15) is 64.0 Å². The van der Waals surface area contributed by atoms with Crippen LogP contribution < -0.4 is 10.1 Å². The Morgan fingerprint density at radius 3 is 2.75 bits per heavy atom. The van der Waals surface area contributed by atoms with Crippen LogP contribution in [-0.2, 0) is 0 Å². The van der Waals surface area contributed by atoms with E-state index >= 15 is 0 Å². The highest BCUT2D eigenvalue weighted by molar-refractivity contribution is 5.26. The van der Waals surface area contributed by atoms with E-state index in [9.17, 15) is 0 Å². The summed E-state index contributed by atoms with van der Waals surface area (Å²) in [6.45, 7) is 6.07. The quantitative estimate of drug-likeness (QED) is 0.814. The van der Waals surface area contributed by atoms with Crippen LogP contribution in [-0.4, -0.2) is 18.1 Å². The van der Waals surface area contributed by atoms with Crippen molar-refractivity contribution in [2.75, 3.05) is 13.2 Å². The van der Waals surface area contributed by atoms with Crippen LogP contribution in [0.4, 0.5) is 0 Å². The van der Waals surface area contributed by atoms with Gasteiger partial charge in [0.1, 0.15) is 5.75 Å². The summed E-state index contributed by atoms with van der Waals surface area (Å²) in [6, 6.07) is 2.60. The molecule has 1 aliphatic rings. The molecule has 0 amide bonds. The lowest BCUT2D eigenvalue weighted by atomic mass is 9.81. The molecule has 0 spiro atoms. The van der Waals surface area contributed by atoms with Crippen LogP contribution in [0.3, 0.4) is 0 Å². The number of ether oxygens (including phenoxy) is 1. The predicted molar refractivity (Wildman–Crippen MR) is 83.0 cm³/mol. The third-order valence-electron chi connectivity index (χ3n) is 4.11. The zero-order chi connectivity index (χ0) is 14.2. The van der Waals surface area contributed by atoms with Gasteiger partial charge >= 0.3 is 0 Å². The van der Waals surface area contributed by atoms with Crippen LogP contribution in [0.15, 0.2) is 18.5 Å². The SMILES string of the molecule is CCCOc1cncc(C(NCC)C2CCCCC2)c1. The van der Waals surface area contributed by atoms with Gasteiger partial charge in [-0.2, -0.15) is 0 Å². The lowest BCUT2D eigenvalue weighted by Gasteiger charge is -2.31. The van der Waals surface area contributed by atoms with Crippen LogP contribution in [0.25, 0.3) is 0 Å². The molecule has 0 radical (unpaired) electrons. The van der Waals surface area contributed by atoms with Crippen molar-refractivity contribution in [1.29, 1.82) is 0 Å². The molecule has 1 heterocycles. The van der Waals surface area contributed by atoms with Gasteiger partial charge in [0.2, 0.25) is 0 Å². The molecule has 3 nitrogen and oxygen atoms in total. The Hall–Kier alpha value is -1.09. The maximum atomic E-state index is 5.72. The number of hydrogen-bond acceptors (Lipinski definition) is 3. The van der Waals surface area contributed by atoms with Gasteiger partial charge in [-0.15, -0.1) is 0 Å². The van der Waals surface area contributed by atoms with Gasteiger partial charge in [0.05, 0.1) is 12.8 Å². The molecular formula is C17H28N2O. The van der Waals surface area contributed by atoms with E-state index in [1.165, 1.54) is 37.7 Å². The third kappa shape index (κ3) is 4.20. The van der Waals surface area contributed by atoms with Gasteiger partial charge in [0.15, 0.2) is 0 Å². The Balaban J connectivity index is 2.10. The Morgan fingerprint density at radius 1 is 1.25 bits per heavy atom. The minimum absolute atomic E-state index is 0.429. The molecule has 0 aromatic carbocycles. The third-order valence-corrected chi connectivity index (χ3v) is 4.11. The fraction of sp³-hybridized carbons (Fsp3) is 0.706. The first-order valence-corrected chi connectivity index (χ1v) is 8.16. The number of aromatic nitrogens is 1. The molecule has 112 valence electrons.